The first-order chi connectivity index (χ1) is 17.2. The van der Waals surface area contributed by atoms with Gasteiger partial charge in [-0.1, -0.05) is 36.9 Å². The number of fused-ring (bicyclic) bond motifs is 3. The van der Waals surface area contributed by atoms with Crippen LogP contribution in [0.2, 0.25) is 0 Å². The summed E-state index contributed by atoms with van der Waals surface area (Å²) in [7, 11) is 1.33. The molecule has 12 nitrogen and oxygen atoms in total. The second-order valence-corrected chi connectivity index (χ2v) is 8.70. The Morgan fingerprint density at radius 1 is 1.22 bits per heavy atom. The second kappa shape index (κ2) is 10.2. The molecule has 2 aromatic carbocycles. The Hall–Kier alpha value is -4.26. The Morgan fingerprint density at radius 3 is 2.61 bits per heavy atom. The number of rotatable bonds is 6. The third kappa shape index (κ3) is 4.64. The van der Waals surface area contributed by atoms with Crippen LogP contribution in [0.4, 0.5) is 11.4 Å². The van der Waals surface area contributed by atoms with Gasteiger partial charge in [-0.15, -0.1) is 10.2 Å². The number of anilines is 1. The lowest BCUT2D eigenvalue weighted by molar-refractivity contribution is -0.385. The number of carbonyl (C=O) groups excluding carboxylic acids is 2. The maximum absolute atomic E-state index is 13.0. The molecule has 0 bridgehead atoms. The molecule has 3 aromatic rings. The quantitative estimate of drug-likeness (QED) is 0.156. The van der Waals surface area contributed by atoms with Crippen molar-refractivity contribution < 1.29 is 28.7 Å². The van der Waals surface area contributed by atoms with Crippen LogP contribution in [0.5, 0.6) is 17.4 Å². The van der Waals surface area contributed by atoms with Crippen LogP contribution in [-0.4, -0.2) is 44.8 Å². The molecule has 0 saturated carbocycles. The van der Waals surface area contributed by atoms with Crippen molar-refractivity contribution in [1.29, 1.82) is 0 Å². The van der Waals surface area contributed by atoms with Crippen molar-refractivity contribution in [2.45, 2.75) is 32.2 Å². The van der Waals surface area contributed by atoms with E-state index in [-0.39, 0.29) is 28.6 Å². The zero-order valence-corrected chi connectivity index (χ0v) is 20.6. The summed E-state index contributed by atoms with van der Waals surface area (Å²) in [5.74, 6) is -0.786. The van der Waals surface area contributed by atoms with E-state index in [9.17, 15) is 19.7 Å². The molecule has 0 aliphatic carbocycles. The average molecular weight is 512 g/mol. The van der Waals surface area contributed by atoms with E-state index in [4.69, 9.17) is 14.2 Å². The summed E-state index contributed by atoms with van der Waals surface area (Å²) in [6.45, 7) is 4.36. The molecule has 1 aliphatic heterocycles. The first-order valence-corrected chi connectivity index (χ1v) is 11.7. The number of hydrogen-bond donors (Lipinski definition) is 0. The lowest BCUT2D eigenvalue weighted by Gasteiger charge is -2.30. The summed E-state index contributed by atoms with van der Waals surface area (Å²) in [5.41, 5.74) is 0.681. The number of nitro groups is 1. The van der Waals surface area contributed by atoms with Gasteiger partial charge >= 0.3 is 11.7 Å². The van der Waals surface area contributed by atoms with E-state index in [1.165, 1.54) is 36.8 Å². The van der Waals surface area contributed by atoms with Crippen molar-refractivity contribution >= 4 is 35.0 Å². The SMILES string of the molecule is CCSc1nnc2c(n1)O[C@H](c1cc(OC)cc([N+](=O)[O-])c1OC(C)=O)N(C(C)=O)c1ccccc1-2. The van der Waals surface area contributed by atoms with Crippen LogP contribution < -0.4 is 19.1 Å². The topological polar surface area (TPSA) is 147 Å². The van der Waals surface area contributed by atoms with Gasteiger partial charge in [0.2, 0.25) is 28.9 Å². The van der Waals surface area contributed by atoms with Gasteiger partial charge in [-0.3, -0.25) is 24.6 Å². The van der Waals surface area contributed by atoms with Crippen molar-refractivity contribution in [3.8, 4) is 28.6 Å². The van der Waals surface area contributed by atoms with Crippen molar-refractivity contribution in [3.63, 3.8) is 0 Å². The maximum Gasteiger partial charge on any atom is 0.315 e. The van der Waals surface area contributed by atoms with E-state index in [1.54, 1.807) is 24.3 Å². The highest BCUT2D eigenvalue weighted by Crippen LogP contribution is 2.47. The number of para-hydroxylation sites is 1. The summed E-state index contributed by atoms with van der Waals surface area (Å²) >= 11 is 1.34. The molecule has 36 heavy (non-hydrogen) atoms. The summed E-state index contributed by atoms with van der Waals surface area (Å²) < 4.78 is 16.8. The average Bonchev–Trinajstić information content (AvgIpc) is 2.98. The highest BCUT2D eigenvalue weighted by atomic mass is 32.2. The Bertz CT molecular complexity index is 1370. The molecule has 0 spiro atoms. The van der Waals surface area contributed by atoms with E-state index >= 15 is 0 Å². The minimum Gasteiger partial charge on any atom is -0.496 e. The predicted molar refractivity (Wildman–Crippen MR) is 129 cm³/mol. The largest absolute Gasteiger partial charge is 0.496 e. The fourth-order valence-corrected chi connectivity index (χ4v) is 4.25. The highest BCUT2D eigenvalue weighted by Gasteiger charge is 2.39. The Labute approximate surface area is 209 Å². The predicted octanol–water partition coefficient (Wildman–Crippen LogP) is 3.94. The minimum absolute atomic E-state index is 0.0115. The number of nitro benzene ring substituents is 1. The normalized spacial score (nSPS) is 14.1. The number of hydrogen-bond acceptors (Lipinski definition) is 11. The molecule has 0 N–H and O–H groups in total. The van der Waals surface area contributed by atoms with Crippen LogP contribution in [0.3, 0.4) is 0 Å². The van der Waals surface area contributed by atoms with E-state index in [0.717, 1.165) is 13.0 Å². The smallest absolute Gasteiger partial charge is 0.315 e. The molecule has 0 radical (unpaired) electrons. The molecule has 4 rings (SSSR count). The first-order valence-electron chi connectivity index (χ1n) is 10.7. The summed E-state index contributed by atoms with van der Waals surface area (Å²) in [4.78, 5) is 41.9. The number of amides is 1. The lowest BCUT2D eigenvalue weighted by atomic mass is 10.1. The number of thioether (sulfide) groups is 1. The molecule has 1 aromatic heterocycles. The van der Waals surface area contributed by atoms with Crippen LogP contribution in [0.25, 0.3) is 11.3 Å². The fourth-order valence-electron chi connectivity index (χ4n) is 3.75. The van der Waals surface area contributed by atoms with Gasteiger partial charge in [-0.2, -0.15) is 4.98 Å². The molecule has 1 atom stereocenters. The van der Waals surface area contributed by atoms with Crippen molar-refractivity contribution in [2.24, 2.45) is 0 Å². The fraction of sp³-hybridized carbons (Fsp3) is 0.261. The van der Waals surface area contributed by atoms with Crippen LogP contribution in [0.1, 0.15) is 32.6 Å². The number of benzene rings is 2. The molecule has 0 fully saturated rings. The third-order valence-corrected chi connectivity index (χ3v) is 5.86. The molecular formula is C23H21N5O7S. The lowest BCUT2D eigenvalue weighted by Crippen LogP contribution is -2.36. The van der Waals surface area contributed by atoms with Crippen LogP contribution in [0.15, 0.2) is 41.6 Å². The monoisotopic (exact) mass is 511 g/mol. The molecule has 1 aliphatic rings. The Balaban J connectivity index is 2.05. The number of aromatic nitrogens is 3. The number of nitrogens with zero attached hydrogens (tertiary/aromatic N) is 5. The van der Waals surface area contributed by atoms with Crippen molar-refractivity contribution in [1.82, 2.24) is 15.2 Å². The van der Waals surface area contributed by atoms with Gasteiger partial charge in [0, 0.05) is 19.4 Å². The Morgan fingerprint density at radius 2 is 1.97 bits per heavy atom. The molecule has 1 amide bonds. The standard InChI is InChI=1S/C23H21N5O7S/c1-5-36-23-24-21-19(25-26-23)15-8-6-7-9-17(15)27(12(2)29)22(35-21)16-10-14(33-4)11-18(28(31)32)20(16)34-13(3)30/h6-11,22H,5H2,1-4H3/t22-/m1/s1. The summed E-state index contributed by atoms with van der Waals surface area (Å²) in [6.07, 6.45) is -1.33. The van der Waals surface area contributed by atoms with Gasteiger partial charge in [-0.25, -0.2) is 0 Å². The van der Waals surface area contributed by atoms with Gasteiger partial charge in [0.15, 0.2) is 5.69 Å². The highest BCUT2D eigenvalue weighted by molar-refractivity contribution is 7.99. The van der Waals surface area contributed by atoms with Crippen LogP contribution >= 0.6 is 11.8 Å². The van der Waals surface area contributed by atoms with E-state index in [1.807, 2.05) is 6.92 Å². The minimum atomic E-state index is -1.33. The number of esters is 1. The van der Waals surface area contributed by atoms with E-state index < -0.39 is 28.7 Å². The molecule has 186 valence electrons. The zero-order valence-electron chi connectivity index (χ0n) is 19.8. The van der Waals surface area contributed by atoms with Gasteiger partial charge in [-0.05, 0) is 17.9 Å². The number of carbonyl (C=O) groups is 2. The number of methoxy groups -OCH3 is 1. The molecule has 2 heterocycles. The molecule has 0 unspecified atom stereocenters. The van der Waals surface area contributed by atoms with Crippen molar-refractivity contribution in [2.75, 3.05) is 17.8 Å². The molecule has 13 heteroatoms. The molecule has 0 saturated heterocycles. The van der Waals surface area contributed by atoms with E-state index in [2.05, 4.69) is 15.2 Å². The Kier molecular flexibility index (Phi) is 7.01. The summed E-state index contributed by atoms with van der Waals surface area (Å²) in [6, 6.07) is 9.44. The second-order valence-electron chi connectivity index (χ2n) is 7.47. The number of ether oxygens (including phenoxy) is 3. The molecular weight excluding hydrogens is 490 g/mol. The van der Waals surface area contributed by atoms with Crippen LogP contribution in [-0.2, 0) is 9.59 Å². The zero-order chi connectivity index (χ0) is 26.0. The van der Waals surface area contributed by atoms with Gasteiger partial charge < -0.3 is 14.2 Å². The summed E-state index contributed by atoms with van der Waals surface area (Å²) in [5, 5.41) is 20.7. The first kappa shape index (κ1) is 24.9. The maximum atomic E-state index is 13.0. The van der Waals surface area contributed by atoms with Gasteiger partial charge in [0.1, 0.15) is 5.75 Å². The van der Waals surface area contributed by atoms with Gasteiger partial charge in [0.25, 0.3) is 0 Å². The third-order valence-electron chi connectivity index (χ3n) is 5.14. The van der Waals surface area contributed by atoms with Gasteiger partial charge in [0.05, 0.1) is 29.4 Å². The van der Waals surface area contributed by atoms with E-state index in [0.29, 0.717) is 22.2 Å². The van der Waals surface area contributed by atoms with Crippen molar-refractivity contribution in [3.05, 3.63) is 52.1 Å². The van der Waals surface area contributed by atoms with Crippen LogP contribution in [0, 0.1) is 10.1 Å².